The molecule has 194 valence electrons. The number of fused-ring (bicyclic) bond motifs is 2. The Labute approximate surface area is 214 Å². The summed E-state index contributed by atoms with van der Waals surface area (Å²) < 4.78 is 31.7. The minimum absolute atomic E-state index is 0.00678. The van der Waals surface area contributed by atoms with Crippen LogP contribution in [-0.2, 0) is 13.0 Å². The smallest absolute Gasteiger partial charge is 0.229 e. The molecule has 2 N–H and O–H groups in total. The molecule has 0 spiro atoms. The summed E-state index contributed by atoms with van der Waals surface area (Å²) in [4.78, 5) is 19.7. The summed E-state index contributed by atoms with van der Waals surface area (Å²) >= 11 is 0. The van der Waals surface area contributed by atoms with Crippen LogP contribution in [0.2, 0.25) is 0 Å². The van der Waals surface area contributed by atoms with E-state index in [1.807, 2.05) is 37.5 Å². The standard InChI is InChI=1S/C27H31F2N7O/c1-15(2)36-16(3)31-25-19(28)10-18(11-22(25)36)24-20(29)12-30-26(34-24)33-23-7-6-17-13-35(14-27(4,5)37)9-8-21(17)32-23/h6-7,10-12,15,37H,8-9,13-14H2,1-5H3,(H,30,32,33,34). The lowest BCUT2D eigenvalue weighted by atomic mass is 10.0. The quantitative estimate of drug-likeness (QED) is 0.382. The molecule has 0 saturated carbocycles. The molecule has 0 saturated heterocycles. The number of benzene rings is 1. The molecule has 0 amide bonds. The molecule has 3 aromatic heterocycles. The van der Waals surface area contributed by atoms with Gasteiger partial charge in [-0.25, -0.2) is 28.7 Å². The number of nitrogens with zero attached hydrogens (tertiary/aromatic N) is 6. The van der Waals surface area contributed by atoms with Gasteiger partial charge in [0.05, 0.1) is 17.3 Å². The Morgan fingerprint density at radius 2 is 1.89 bits per heavy atom. The fourth-order valence-electron chi connectivity index (χ4n) is 5.03. The van der Waals surface area contributed by atoms with Crippen LogP contribution in [0.15, 0.2) is 30.5 Å². The lowest BCUT2D eigenvalue weighted by molar-refractivity contribution is 0.0315. The molecule has 1 aromatic carbocycles. The summed E-state index contributed by atoms with van der Waals surface area (Å²) in [5.74, 6) is 0.215. The van der Waals surface area contributed by atoms with Crippen molar-refractivity contribution < 1.29 is 13.9 Å². The van der Waals surface area contributed by atoms with Crippen molar-refractivity contribution in [2.24, 2.45) is 0 Å². The summed E-state index contributed by atoms with van der Waals surface area (Å²) in [6, 6.07) is 6.85. The average Bonchev–Trinajstić information content (AvgIpc) is 3.16. The molecular weight excluding hydrogens is 476 g/mol. The second kappa shape index (κ2) is 9.42. The van der Waals surface area contributed by atoms with Gasteiger partial charge in [0.15, 0.2) is 11.6 Å². The topological polar surface area (TPSA) is 92.0 Å². The number of anilines is 2. The van der Waals surface area contributed by atoms with E-state index in [1.54, 1.807) is 19.9 Å². The van der Waals surface area contributed by atoms with Crippen LogP contribution in [0.4, 0.5) is 20.5 Å². The average molecular weight is 508 g/mol. The van der Waals surface area contributed by atoms with Crippen LogP contribution in [0, 0.1) is 18.6 Å². The number of rotatable bonds is 6. The summed E-state index contributed by atoms with van der Waals surface area (Å²) in [6.07, 6.45) is 1.82. The number of halogens is 2. The van der Waals surface area contributed by atoms with Gasteiger partial charge in [-0.05, 0) is 58.4 Å². The van der Waals surface area contributed by atoms with Gasteiger partial charge in [-0.1, -0.05) is 6.07 Å². The van der Waals surface area contributed by atoms with Gasteiger partial charge in [0, 0.05) is 43.4 Å². The first kappa shape index (κ1) is 25.2. The van der Waals surface area contributed by atoms with Crippen LogP contribution in [-0.4, -0.2) is 53.2 Å². The van der Waals surface area contributed by atoms with E-state index in [4.69, 9.17) is 4.98 Å². The first-order valence-electron chi connectivity index (χ1n) is 12.4. The van der Waals surface area contributed by atoms with Crippen LogP contribution in [0.5, 0.6) is 0 Å². The van der Waals surface area contributed by atoms with E-state index in [1.165, 1.54) is 6.07 Å². The van der Waals surface area contributed by atoms with Crippen LogP contribution in [0.1, 0.15) is 50.8 Å². The Balaban J connectivity index is 1.43. The van der Waals surface area contributed by atoms with Crippen molar-refractivity contribution in [3.8, 4) is 11.3 Å². The van der Waals surface area contributed by atoms with Crippen molar-refractivity contribution in [3.05, 3.63) is 59.2 Å². The molecule has 0 radical (unpaired) electrons. The summed E-state index contributed by atoms with van der Waals surface area (Å²) in [7, 11) is 0. The second-order valence-corrected chi connectivity index (χ2v) is 10.5. The largest absolute Gasteiger partial charge is 0.389 e. The monoisotopic (exact) mass is 507 g/mol. The fourth-order valence-corrected chi connectivity index (χ4v) is 5.03. The van der Waals surface area contributed by atoms with Crippen molar-refractivity contribution in [1.29, 1.82) is 0 Å². The fraction of sp³-hybridized carbons (Fsp3) is 0.407. The van der Waals surface area contributed by atoms with E-state index in [2.05, 4.69) is 25.2 Å². The van der Waals surface area contributed by atoms with Crippen molar-refractivity contribution in [1.82, 2.24) is 29.4 Å². The van der Waals surface area contributed by atoms with Crippen molar-refractivity contribution in [3.63, 3.8) is 0 Å². The number of hydrogen-bond donors (Lipinski definition) is 2. The Morgan fingerprint density at radius 1 is 1.11 bits per heavy atom. The van der Waals surface area contributed by atoms with E-state index < -0.39 is 17.2 Å². The molecule has 4 aromatic rings. The summed E-state index contributed by atoms with van der Waals surface area (Å²) in [6.45, 7) is 11.5. The molecule has 0 unspecified atom stereocenters. The van der Waals surface area contributed by atoms with Gasteiger partial charge in [0.2, 0.25) is 5.95 Å². The van der Waals surface area contributed by atoms with E-state index in [9.17, 15) is 13.9 Å². The number of β-amino-alcohol motifs (C(OH)–C–C–N with tert-alkyl or cyclic N) is 1. The number of hydrogen-bond acceptors (Lipinski definition) is 7. The third-order valence-electron chi connectivity index (χ3n) is 6.44. The van der Waals surface area contributed by atoms with Gasteiger partial charge in [-0.15, -0.1) is 0 Å². The number of aryl methyl sites for hydroxylation is 1. The molecule has 8 nitrogen and oxygen atoms in total. The maximum Gasteiger partial charge on any atom is 0.229 e. The van der Waals surface area contributed by atoms with Crippen LogP contribution in [0.25, 0.3) is 22.3 Å². The Morgan fingerprint density at radius 3 is 2.62 bits per heavy atom. The molecule has 1 aliphatic heterocycles. The third kappa shape index (κ3) is 5.17. The third-order valence-corrected chi connectivity index (χ3v) is 6.44. The van der Waals surface area contributed by atoms with E-state index in [-0.39, 0.29) is 23.2 Å². The van der Waals surface area contributed by atoms with E-state index >= 15 is 0 Å². The van der Waals surface area contributed by atoms with E-state index in [0.717, 1.165) is 30.4 Å². The van der Waals surface area contributed by atoms with Crippen LogP contribution in [0.3, 0.4) is 0 Å². The number of aromatic nitrogens is 5. The van der Waals surface area contributed by atoms with Crippen molar-refractivity contribution >= 4 is 22.8 Å². The van der Waals surface area contributed by atoms with Gasteiger partial charge in [-0.2, -0.15) is 0 Å². The van der Waals surface area contributed by atoms with E-state index in [0.29, 0.717) is 35.8 Å². The Hall–Kier alpha value is -3.50. The highest BCUT2D eigenvalue weighted by atomic mass is 19.1. The van der Waals surface area contributed by atoms with Gasteiger partial charge in [0.25, 0.3) is 0 Å². The number of nitrogens with one attached hydrogen (secondary N) is 1. The SMILES string of the molecule is Cc1nc2c(F)cc(-c3nc(Nc4ccc5c(n4)CCN(CC(C)(C)O)C5)ncc3F)cc2n1C(C)C. The molecule has 37 heavy (non-hydrogen) atoms. The molecule has 5 rings (SSSR count). The highest BCUT2D eigenvalue weighted by Gasteiger charge is 2.24. The molecule has 0 atom stereocenters. The predicted molar refractivity (Wildman–Crippen MR) is 139 cm³/mol. The van der Waals surface area contributed by atoms with Gasteiger partial charge in [0.1, 0.15) is 22.9 Å². The van der Waals surface area contributed by atoms with Crippen molar-refractivity contribution in [2.45, 2.75) is 59.2 Å². The zero-order chi connectivity index (χ0) is 26.5. The Bertz CT molecular complexity index is 1480. The highest BCUT2D eigenvalue weighted by Crippen LogP contribution is 2.30. The molecule has 0 aliphatic carbocycles. The van der Waals surface area contributed by atoms with Gasteiger partial charge >= 0.3 is 0 Å². The lowest BCUT2D eigenvalue weighted by Gasteiger charge is -2.32. The van der Waals surface area contributed by atoms with Crippen molar-refractivity contribution in [2.75, 3.05) is 18.4 Å². The number of aliphatic hydroxyl groups is 1. The minimum atomic E-state index is -0.759. The first-order valence-corrected chi connectivity index (χ1v) is 12.4. The Kier molecular flexibility index (Phi) is 6.41. The molecule has 1 aliphatic rings. The molecule has 10 heteroatoms. The zero-order valence-corrected chi connectivity index (χ0v) is 21.7. The molecule has 0 bridgehead atoms. The highest BCUT2D eigenvalue weighted by molar-refractivity contribution is 5.83. The first-order chi connectivity index (χ1) is 17.5. The molecule has 0 fully saturated rings. The summed E-state index contributed by atoms with van der Waals surface area (Å²) in [5, 5.41) is 13.2. The zero-order valence-electron chi connectivity index (χ0n) is 21.7. The maximum atomic E-state index is 15.0. The van der Waals surface area contributed by atoms with Gasteiger partial charge < -0.3 is 15.0 Å². The van der Waals surface area contributed by atoms with Crippen LogP contribution < -0.4 is 5.32 Å². The molecule has 4 heterocycles. The summed E-state index contributed by atoms with van der Waals surface area (Å²) in [5.41, 5.74) is 2.44. The molecular formula is C27H31F2N7O. The normalized spacial score (nSPS) is 14.4. The number of imidazole rings is 1. The lowest BCUT2D eigenvalue weighted by Crippen LogP contribution is -2.41. The minimum Gasteiger partial charge on any atom is -0.389 e. The maximum absolute atomic E-state index is 15.0. The van der Waals surface area contributed by atoms with Gasteiger partial charge in [-0.3, -0.25) is 4.90 Å². The number of pyridine rings is 1. The predicted octanol–water partition coefficient (Wildman–Crippen LogP) is 4.93. The van der Waals surface area contributed by atoms with Crippen LogP contribution >= 0.6 is 0 Å². The second-order valence-electron chi connectivity index (χ2n) is 10.5.